The quantitative estimate of drug-likeness (QED) is 0.743. The monoisotopic (exact) mass is 333 g/mol. The van der Waals surface area contributed by atoms with Crippen LogP contribution in [-0.2, 0) is 6.54 Å². The third-order valence-electron chi connectivity index (χ3n) is 3.29. The maximum Gasteiger partial charge on any atom is 0.336 e. The van der Waals surface area contributed by atoms with Crippen molar-refractivity contribution in [2.75, 3.05) is 0 Å². The predicted octanol–water partition coefficient (Wildman–Crippen LogP) is 3.75. The van der Waals surface area contributed by atoms with Gasteiger partial charge in [0.1, 0.15) is 5.58 Å². The SMILES string of the molecule is Cc1cc2oc(=O)cc(CNC(=O)c3cccs3)c2cc1Cl. The van der Waals surface area contributed by atoms with Gasteiger partial charge in [0.05, 0.1) is 4.88 Å². The van der Waals surface area contributed by atoms with Crippen LogP contribution in [0.1, 0.15) is 20.8 Å². The van der Waals surface area contributed by atoms with E-state index in [1.807, 2.05) is 18.4 Å². The molecule has 0 unspecified atom stereocenters. The van der Waals surface area contributed by atoms with Gasteiger partial charge < -0.3 is 9.73 Å². The van der Waals surface area contributed by atoms with E-state index >= 15 is 0 Å². The van der Waals surface area contributed by atoms with Gasteiger partial charge in [-0.05, 0) is 41.6 Å². The standard InChI is InChI=1S/C16H12ClNO3S/c1-9-5-13-11(7-12(9)17)10(6-15(19)21-13)8-18-16(20)14-3-2-4-22-14/h2-7H,8H2,1H3,(H,18,20). The number of halogens is 1. The summed E-state index contributed by atoms with van der Waals surface area (Å²) < 4.78 is 5.19. The Morgan fingerprint density at radius 1 is 1.36 bits per heavy atom. The molecule has 0 radical (unpaired) electrons. The minimum Gasteiger partial charge on any atom is -0.423 e. The van der Waals surface area contributed by atoms with Crippen LogP contribution in [0.25, 0.3) is 11.0 Å². The van der Waals surface area contributed by atoms with Crippen LogP contribution in [0.5, 0.6) is 0 Å². The second-order valence-corrected chi connectivity index (χ2v) is 6.20. The van der Waals surface area contributed by atoms with Gasteiger partial charge in [-0.15, -0.1) is 11.3 Å². The molecule has 1 N–H and O–H groups in total. The summed E-state index contributed by atoms with van der Waals surface area (Å²) in [5, 5.41) is 5.95. The molecule has 0 spiro atoms. The summed E-state index contributed by atoms with van der Waals surface area (Å²) in [5.41, 5.74) is 1.53. The van der Waals surface area contributed by atoms with Crippen molar-refractivity contribution in [1.29, 1.82) is 0 Å². The number of aryl methyl sites for hydroxylation is 1. The zero-order valence-electron chi connectivity index (χ0n) is 11.7. The molecule has 3 aromatic rings. The summed E-state index contributed by atoms with van der Waals surface area (Å²) in [6, 6.07) is 8.42. The molecule has 0 aliphatic rings. The van der Waals surface area contributed by atoms with Crippen molar-refractivity contribution in [3.05, 3.63) is 67.2 Å². The van der Waals surface area contributed by atoms with Crippen molar-refractivity contribution in [3.8, 4) is 0 Å². The minimum absolute atomic E-state index is 0.172. The molecule has 22 heavy (non-hydrogen) atoms. The summed E-state index contributed by atoms with van der Waals surface area (Å²) in [6.45, 7) is 2.07. The van der Waals surface area contributed by atoms with Crippen molar-refractivity contribution >= 4 is 39.8 Å². The van der Waals surface area contributed by atoms with Crippen LogP contribution in [-0.4, -0.2) is 5.91 Å². The molecule has 0 bridgehead atoms. The van der Waals surface area contributed by atoms with E-state index in [4.69, 9.17) is 16.0 Å². The fraction of sp³-hybridized carbons (Fsp3) is 0.125. The average Bonchev–Trinajstić information content (AvgIpc) is 3.00. The first-order valence-corrected chi connectivity index (χ1v) is 7.85. The zero-order chi connectivity index (χ0) is 15.7. The fourth-order valence-corrected chi connectivity index (χ4v) is 2.97. The lowest BCUT2D eigenvalue weighted by Crippen LogP contribution is -2.22. The van der Waals surface area contributed by atoms with Crippen LogP contribution in [0.2, 0.25) is 5.02 Å². The Bertz CT molecular complexity index is 900. The molecular formula is C16H12ClNO3S. The van der Waals surface area contributed by atoms with Crippen LogP contribution in [0, 0.1) is 6.92 Å². The van der Waals surface area contributed by atoms with Crippen LogP contribution in [0.4, 0.5) is 0 Å². The molecule has 0 saturated carbocycles. The molecule has 2 aromatic heterocycles. The highest BCUT2D eigenvalue weighted by atomic mass is 35.5. The predicted molar refractivity (Wildman–Crippen MR) is 87.7 cm³/mol. The summed E-state index contributed by atoms with van der Waals surface area (Å²) >= 11 is 7.50. The van der Waals surface area contributed by atoms with Crippen molar-refractivity contribution < 1.29 is 9.21 Å². The molecule has 0 aliphatic heterocycles. The Kier molecular flexibility index (Phi) is 4.00. The number of amides is 1. The Hall–Kier alpha value is -2.11. The zero-order valence-corrected chi connectivity index (χ0v) is 13.3. The molecule has 0 aliphatic carbocycles. The van der Waals surface area contributed by atoms with Gasteiger partial charge in [-0.1, -0.05) is 17.7 Å². The third-order valence-corrected chi connectivity index (χ3v) is 4.57. The maximum atomic E-state index is 12.0. The van der Waals surface area contributed by atoms with E-state index in [0.717, 1.165) is 10.9 Å². The molecule has 4 nitrogen and oxygen atoms in total. The molecule has 1 aromatic carbocycles. The van der Waals surface area contributed by atoms with E-state index in [1.165, 1.54) is 17.4 Å². The fourth-order valence-electron chi connectivity index (χ4n) is 2.16. The van der Waals surface area contributed by atoms with E-state index in [-0.39, 0.29) is 12.5 Å². The van der Waals surface area contributed by atoms with Gasteiger partial charge in [-0.25, -0.2) is 4.79 Å². The summed E-state index contributed by atoms with van der Waals surface area (Å²) in [7, 11) is 0. The van der Waals surface area contributed by atoms with Gasteiger partial charge in [-0.3, -0.25) is 4.79 Å². The average molecular weight is 334 g/mol. The van der Waals surface area contributed by atoms with Gasteiger partial charge in [0.25, 0.3) is 5.91 Å². The lowest BCUT2D eigenvalue weighted by atomic mass is 10.1. The second-order valence-electron chi connectivity index (χ2n) is 4.85. The molecule has 0 saturated heterocycles. The molecular weight excluding hydrogens is 322 g/mol. The number of hydrogen-bond acceptors (Lipinski definition) is 4. The highest BCUT2D eigenvalue weighted by molar-refractivity contribution is 7.12. The van der Waals surface area contributed by atoms with E-state index in [2.05, 4.69) is 5.32 Å². The topological polar surface area (TPSA) is 59.3 Å². The number of hydrogen-bond donors (Lipinski definition) is 1. The van der Waals surface area contributed by atoms with Crippen LogP contribution in [0.3, 0.4) is 0 Å². The summed E-state index contributed by atoms with van der Waals surface area (Å²) in [4.78, 5) is 24.3. The first kappa shape index (κ1) is 14.8. The number of carbonyl (C=O) groups is 1. The van der Waals surface area contributed by atoms with Crippen LogP contribution in [0.15, 0.2) is 44.9 Å². The van der Waals surface area contributed by atoms with Crippen LogP contribution < -0.4 is 10.9 Å². The lowest BCUT2D eigenvalue weighted by molar-refractivity contribution is 0.0955. The Morgan fingerprint density at radius 2 is 2.18 bits per heavy atom. The van der Waals surface area contributed by atoms with Crippen LogP contribution >= 0.6 is 22.9 Å². The second kappa shape index (κ2) is 5.94. The van der Waals surface area contributed by atoms with Gasteiger partial charge in [0, 0.05) is 23.0 Å². The normalized spacial score (nSPS) is 10.8. The van der Waals surface area contributed by atoms with Gasteiger partial charge in [0.2, 0.25) is 0 Å². The molecule has 112 valence electrons. The van der Waals surface area contributed by atoms with E-state index in [0.29, 0.717) is 21.0 Å². The van der Waals surface area contributed by atoms with Gasteiger partial charge in [0.15, 0.2) is 0 Å². The van der Waals surface area contributed by atoms with Crippen molar-refractivity contribution in [2.45, 2.75) is 13.5 Å². The number of benzene rings is 1. The van der Waals surface area contributed by atoms with Crippen molar-refractivity contribution in [2.24, 2.45) is 0 Å². The Balaban J connectivity index is 1.94. The highest BCUT2D eigenvalue weighted by Crippen LogP contribution is 2.25. The Labute approximate surface area is 135 Å². The van der Waals surface area contributed by atoms with Gasteiger partial charge in [-0.2, -0.15) is 0 Å². The number of thiophene rings is 1. The first-order chi connectivity index (χ1) is 10.5. The molecule has 2 heterocycles. The Morgan fingerprint density at radius 3 is 2.91 bits per heavy atom. The number of rotatable bonds is 3. The smallest absolute Gasteiger partial charge is 0.336 e. The van der Waals surface area contributed by atoms with Crippen molar-refractivity contribution in [3.63, 3.8) is 0 Å². The maximum absolute atomic E-state index is 12.0. The third kappa shape index (κ3) is 2.91. The summed E-state index contributed by atoms with van der Waals surface area (Å²) in [6.07, 6.45) is 0. The molecule has 0 fully saturated rings. The number of fused-ring (bicyclic) bond motifs is 1. The highest BCUT2D eigenvalue weighted by Gasteiger charge is 2.11. The molecule has 0 atom stereocenters. The summed E-state index contributed by atoms with van der Waals surface area (Å²) in [5.74, 6) is -0.172. The van der Waals surface area contributed by atoms with E-state index in [1.54, 1.807) is 18.2 Å². The molecule has 3 rings (SSSR count). The van der Waals surface area contributed by atoms with Gasteiger partial charge >= 0.3 is 5.63 Å². The molecule has 6 heteroatoms. The number of nitrogens with one attached hydrogen (secondary N) is 1. The molecule has 1 amide bonds. The first-order valence-electron chi connectivity index (χ1n) is 6.59. The number of carbonyl (C=O) groups excluding carboxylic acids is 1. The minimum atomic E-state index is -0.449. The van der Waals surface area contributed by atoms with E-state index in [9.17, 15) is 9.59 Å². The lowest BCUT2D eigenvalue weighted by Gasteiger charge is -2.08. The van der Waals surface area contributed by atoms with Crippen molar-refractivity contribution in [1.82, 2.24) is 5.32 Å². The van der Waals surface area contributed by atoms with E-state index < -0.39 is 5.63 Å². The largest absolute Gasteiger partial charge is 0.423 e.